The van der Waals surface area contributed by atoms with Crippen LogP contribution < -0.4 is 10.5 Å². The van der Waals surface area contributed by atoms with Gasteiger partial charge in [-0.2, -0.15) is 0 Å². The molecule has 2 heterocycles. The minimum absolute atomic E-state index is 0.0572. The topological polar surface area (TPSA) is 61.5 Å². The van der Waals surface area contributed by atoms with Crippen LogP contribution in [0.3, 0.4) is 0 Å². The molecule has 1 saturated heterocycles. The lowest BCUT2D eigenvalue weighted by molar-refractivity contribution is -0.908. The van der Waals surface area contributed by atoms with E-state index in [4.69, 9.17) is 4.74 Å². The van der Waals surface area contributed by atoms with E-state index < -0.39 is 0 Å². The summed E-state index contributed by atoms with van der Waals surface area (Å²) in [4.78, 5) is 13.7. The minimum atomic E-state index is -0.0572. The number of aromatic nitrogens is 3. The van der Waals surface area contributed by atoms with Crippen molar-refractivity contribution in [2.45, 2.75) is 6.54 Å². The Morgan fingerprint density at radius 2 is 2.05 bits per heavy atom. The molecule has 3 rings (SSSR count). The number of hydrogen-bond acceptors (Lipinski definition) is 4. The van der Waals surface area contributed by atoms with Crippen molar-refractivity contribution >= 4 is 10.9 Å². The fourth-order valence-electron chi connectivity index (χ4n) is 2.34. The summed E-state index contributed by atoms with van der Waals surface area (Å²) in [7, 11) is 0. The highest BCUT2D eigenvalue weighted by atomic mass is 16.5. The van der Waals surface area contributed by atoms with Crippen LogP contribution in [0.1, 0.15) is 0 Å². The summed E-state index contributed by atoms with van der Waals surface area (Å²) in [6.07, 6.45) is 0. The fourth-order valence-corrected chi connectivity index (χ4v) is 2.34. The van der Waals surface area contributed by atoms with Crippen molar-refractivity contribution in [1.29, 1.82) is 0 Å². The Labute approximate surface area is 110 Å². The standard InChI is InChI=1S/C13H16N4O2/c18-13-11-3-1-2-4-12(11)14-15-17(13)6-5-16-7-9-19-10-8-16/h1-4H,5-10H2/p+1. The molecule has 6 heteroatoms. The third kappa shape index (κ3) is 2.64. The molecule has 0 amide bonds. The predicted molar refractivity (Wildman–Crippen MR) is 70.2 cm³/mol. The van der Waals surface area contributed by atoms with Gasteiger partial charge >= 0.3 is 0 Å². The number of benzene rings is 1. The number of morpholine rings is 1. The molecular weight excluding hydrogens is 244 g/mol. The van der Waals surface area contributed by atoms with Gasteiger partial charge in [-0.1, -0.05) is 17.3 Å². The molecule has 0 unspecified atom stereocenters. The first-order chi connectivity index (χ1) is 9.34. The molecule has 0 atom stereocenters. The second-order valence-electron chi connectivity index (χ2n) is 4.75. The zero-order valence-electron chi connectivity index (χ0n) is 10.7. The van der Waals surface area contributed by atoms with Gasteiger partial charge in [-0.3, -0.25) is 4.79 Å². The maximum Gasteiger partial charge on any atom is 0.277 e. The monoisotopic (exact) mass is 261 g/mol. The summed E-state index contributed by atoms with van der Waals surface area (Å²) in [5.74, 6) is 0. The molecule has 1 aliphatic rings. The van der Waals surface area contributed by atoms with E-state index >= 15 is 0 Å². The summed E-state index contributed by atoms with van der Waals surface area (Å²) in [6, 6.07) is 7.31. The van der Waals surface area contributed by atoms with Gasteiger partial charge in [0.2, 0.25) is 0 Å². The van der Waals surface area contributed by atoms with Crippen LogP contribution in [-0.4, -0.2) is 47.8 Å². The molecule has 0 aliphatic carbocycles. The van der Waals surface area contributed by atoms with Crippen LogP contribution in [0.5, 0.6) is 0 Å². The van der Waals surface area contributed by atoms with Crippen molar-refractivity contribution in [3.05, 3.63) is 34.6 Å². The second kappa shape index (κ2) is 5.46. The van der Waals surface area contributed by atoms with E-state index in [2.05, 4.69) is 10.3 Å². The SMILES string of the molecule is O=c1c2ccccc2nnn1CC[NH+]1CCOCC1. The van der Waals surface area contributed by atoms with Crippen molar-refractivity contribution in [2.75, 3.05) is 32.8 Å². The van der Waals surface area contributed by atoms with Crippen molar-refractivity contribution in [3.63, 3.8) is 0 Å². The Morgan fingerprint density at radius 1 is 1.26 bits per heavy atom. The quantitative estimate of drug-likeness (QED) is 0.746. The van der Waals surface area contributed by atoms with Gasteiger partial charge in [0.1, 0.15) is 18.6 Å². The van der Waals surface area contributed by atoms with Gasteiger partial charge in [0.25, 0.3) is 5.56 Å². The van der Waals surface area contributed by atoms with Gasteiger partial charge in [0.15, 0.2) is 0 Å². The first-order valence-electron chi connectivity index (χ1n) is 6.58. The first-order valence-corrected chi connectivity index (χ1v) is 6.58. The molecule has 6 nitrogen and oxygen atoms in total. The molecule has 1 fully saturated rings. The lowest BCUT2D eigenvalue weighted by Crippen LogP contribution is -3.14. The Balaban J connectivity index is 1.77. The third-order valence-electron chi connectivity index (χ3n) is 3.51. The van der Waals surface area contributed by atoms with Crippen molar-refractivity contribution < 1.29 is 9.64 Å². The Kier molecular flexibility index (Phi) is 3.52. The van der Waals surface area contributed by atoms with Crippen molar-refractivity contribution in [3.8, 4) is 0 Å². The van der Waals surface area contributed by atoms with Gasteiger partial charge in [0, 0.05) is 0 Å². The van der Waals surface area contributed by atoms with E-state index in [1.54, 1.807) is 12.1 Å². The van der Waals surface area contributed by atoms with E-state index in [-0.39, 0.29) is 5.56 Å². The van der Waals surface area contributed by atoms with Crippen LogP contribution in [0, 0.1) is 0 Å². The number of rotatable bonds is 3. The summed E-state index contributed by atoms with van der Waals surface area (Å²) in [6.45, 7) is 5.08. The Hall–Kier alpha value is -1.79. The largest absolute Gasteiger partial charge is 0.370 e. The molecule has 2 aromatic rings. The molecule has 0 saturated carbocycles. The second-order valence-corrected chi connectivity index (χ2v) is 4.75. The molecular formula is C13H17N4O2+. The van der Waals surface area contributed by atoms with Crippen LogP contribution >= 0.6 is 0 Å². The maximum atomic E-state index is 12.2. The molecule has 1 aromatic carbocycles. The number of fused-ring (bicyclic) bond motifs is 1. The van der Waals surface area contributed by atoms with Crippen LogP contribution in [0.4, 0.5) is 0 Å². The summed E-state index contributed by atoms with van der Waals surface area (Å²) >= 11 is 0. The molecule has 19 heavy (non-hydrogen) atoms. The summed E-state index contributed by atoms with van der Waals surface area (Å²) in [5, 5.41) is 8.72. The Morgan fingerprint density at radius 3 is 2.89 bits per heavy atom. The number of nitrogens with one attached hydrogen (secondary N) is 1. The van der Waals surface area contributed by atoms with E-state index in [9.17, 15) is 4.79 Å². The van der Waals surface area contributed by atoms with Crippen LogP contribution in [0.25, 0.3) is 10.9 Å². The number of ether oxygens (including phenoxy) is 1. The number of hydrogen-bond donors (Lipinski definition) is 1. The van der Waals surface area contributed by atoms with E-state index in [1.165, 1.54) is 9.58 Å². The summed E-state index contributed by atoms with van der Waals surface area (Å²) < 4.78 is 6.78. The molecule has 1 aromatic heterocycles. The zero-order chi connectivity index (χ0) is 13.1. The Bertz CT molecular complexity index is 619. The highest BCUT2D eigenvalue weighted by Crippen LogP contribution is 2.02. The molecule has 0 radical (unpaired) electrons. The average molecular weight is 261 g/mol. The van der Waals surface area contributed by atoms with E-state index in [0.29, 0.717) is 17.4 Å². The minimum Gasteiger partial charge on any atom is -0.370 e. The lowest BCUT2D eigenvalue weighted by atomic mass is 10.2. The lowest BCUT2D eigenvalue weighted by Gasteiger charge is -2.23. The molecule has 1 aliphatic heterocycles. The van der Waals surface area contributed by atoms with Crippen molar-refractivity contribution in [2.24, 2.45) is 0 Å². The normalized spacial score (nSPS) is 16.8. The van der Waals surface area contributed by atoms with Gasteiger partial charge in [-0.05, 0) is 12.1 Å². The van der Waals surface area contributed by atoms with Crippen molar-refractivity contribution in [1.82, 2.24) is 15.0 Å². The molecule has 1 N–H and O–H groups in total. The van der Waals surface area contributed by atoms with Gasteiger partial charge in [-0.15, -0.1) is 5.10 Å². The van der Waals surface area contributed by atoms with Gasteiger partial charge in [0.05, 0.1) is 31.7 Å². The van der Waals surface area contributed by atoms with Crippen LogP contribution in [0.15, 0.2) is 29.1 Å². The van der Waals surface area contributed by atoms with E-state index in [1.807, 2.05) is 12.1 Å². The molecule has 0 bridgehead atoms. The molecule has 0 spiro atoms. The van der Waals surface area contributed by atoms with Crippen LogP contribution in [-0.2, 0) is 11.3 Å². The average Bonchev–Trinajstić information content (AvgIpc) is 2.48. The number of quaternary nitrogens is 1. The molecule has 100 valence electrons. The number of nitrogens with zero attached hydrogens (tertiary/aromatic N) is 3. The third-order valence-corrected chi connectivity index (χ3v) is 3.51. The fraction of sp³-hybridized carbons (Fsp3) is 0.462. The van der Waals surface area contributed by atoms with Crippen LogP contribution in [0.2, 0.25) is 0 Å². The zero-order valence-corrected chi connectivity index (χ0v) is 10.7. The highest BCUT2D eigenvalue weighted by molar-refractivity contribution is 5.76. The van der Waals surface area contributed by atoms with E-state index in [0.717, 1.165) is 32.8 Å². The first kappa shape index (κ1) is 12.3. The smallest absolute Gasteiger partial charge is 0.277 e. The van der Waals surface area contributed by atoms with Gasteiger partial charge < -0.3 is 9.64 Å². The van der Waals surface area contributed by atoms with Gasteiger partial charge in [-0.25, -0.2) is 4.68 Å². The maximum absolute atomic E-state index is 12.2. The highest BCUT2D eigenvalue weighted by Gasteiger charge is 2.14. The predicted octanol–water partition coefficient (Wildman–Crippen LogP) is -1.29. The summed E-state index contributed by atoms with van der Waals surface area (Å²) in [5.41, 5.74) is 0.598.